The summed E-state index contributed by atoms with van der Waals surface area (Å²) >= 11 is 6.49. The average molecular weight is 417 g/mol. The Morgan fingerprint density at radius 2 is 1.97 bits per heavy atom. The zero-order chi connectivity index (χ0) is 20.2. The van der Waals surface area contributed by atoms with Crippen LogP contribution in [0.4, 0.5) is 11.8 Å². The summed E-state index contributed by atoms with van der Waals surface area (Å²) in [7, 11) is 0. The predicted octanol–water partition coefficient (Wildman–Crippen LogP) is 2.82. The van der Waals surface area contributed by atoms with Crippen molar-refractivity contribution in [1.82, 2.24) is 14.9 Å². The minimum atomic E-state index is 0.296. The summed E-state index contributed by atoms with van der Waals surface area (Å²) in [4.78, 5) is 21.2. The Labute approximate surface area is 177 Å². The predicted molar refractivity (Wildman–Crippen MR) is 118 cm³/mol. The van der Waals surface area contributed by atoms with Crippen molar-refractivity contribution in [3.8, 4) is 0 Å². The molecule has 0 bridgehead atoms. The third kappa shape index (κ3) is 4.56. The molecule has 0 amide bonds. The molecule has 29 heavy (non-hydrogen) atoms. The maximum Gasteiger partial charge on any atom is 0.227 e. The lowest BCUT2D eigenvalue weighted by molar-refractivity contribution is 0.122. The van der Waals surface area contributed by atoms with E-state index < -0.39 is 0 Å². The number of ether oxygens (including phenoxy) is 1. The number of hydrogen-bond acceptors (Lipinski definition) is 7. The topological polar surface area (TPSA) is 57.1 Å². The lowest BCUT2D eigenvalue weighted by atomic mass is 10.1. The largest absolute Gasteiger partial charge is 0.378 e. The molecule has 156 valence electrons. The van der Waals surface area contributed by atoms with Gasteiger partial charge in [-0.1, -0.05) is 24.6 Å². The van der Waals surface area contributed by atoms with Gasteiger partial charge >= 0.3 is 0 Å². The number of morpholine rings is 1. The molecule has 1 aromatic heterocycles. The molecule has 4 rings (SSSR count). The molecule has 3 aliphatic rings. The lowest BCUT2D eigenvalue weighted by Gasteiger charge is -2.42. The van der Waals surface area contributed by atoms with E-state index in [1.54, 1.807) is 0 Å². The van der Waals surface area contributed by atoms with Crippen LogP contribution < -0.4 is 9.80 Å². The average Bonchev–Trinajstić information content (AvgIpc) is 2.98. The fourth-order valence-corrected chi connectivity index (χ4v) is 4.21. The number of anilines is 2. The number of piperazine rings is 1. The Bertz CT molecular complexity index is 817. The zero-order valence-electron chi connectivity index (χ0n) is 17.2. The summed E-state index contributed by atoms with van der Waals surface area (Å²) in [5, 5.41) is 0.806. The third-order valence-electron chi connectivity index (χ3n) is 5.59. The van der Waals surface area contributed by atoms with E-state index in [1.807, 2.05) is 18.4 Å². The van der Waals surface area contributed by atoms with Crippen molar-refractivity contribution in [3.05, 3.63) is 34.8 Å². The van der Waals surface area contributed by atoms with Gasteiger partial charge in [-0.3, -0.25) is 0 Å². The van der Waals surface area contributed by atoms with Gasteiger partial charge < -0.3 is 19.4 Å². The van der Waals surface area contributed by atoms with E-state index in [2.05, 4.69) is 39.6 Å². The highest BCUT2D eigenvalue weighted by Gasteiger charge is 2.28. The fourth-order valence-electron chi connectivity index (χ4n) is 3.95. The molecule has 4 heterocycles. The van der Waals surface area contributed by atoms with E-state index >= 15 is 0 Å². The van der Waals surface area contributed by atoms with Crippen LogP contribution in [0.3, 0.4) is 0 Å². The number of rotatable bonds is 4. The van der Waals surface area contributed by atoms with E-state index in [0.717, 1.165) is 87.1 Å². The van der Waals surface area contributed by atoms with Gasteiger partial charge in [0.1, 0.15) is 11.6 Å². The van der Waals surface area contributed by atoms with Gasteiger partial charge in [0, 0.05) is 63.2 Å². The van der Waals surface area contributed by atoms with Crippen LogP contribution in [-0.4, -0.2) is 73.1 Å². The molecule has 2 fully saturated rings. The summed E-state index contributed by atoms with van der Waals surface area (Å²) in [5.74, 6) is 2.73. The molecule has 0 N–H and O–H groups in total. The molecule has 2 saturated heterocycles. The van der Waals surface area contributed by atoms with Crippen molar-refractivity contribution < 1.29 is 4.74 Å². The zero-order valence-corrected chi connectivity index (χ0v) is 18.0. The van der Waals surface area contributed by atoms with Gasteiger partial charge in [0.25, 0.3) is 0 Å². The second-order valence-corrected chi connectivity index (χ2v) is 8.05. The van der Waals surface area contributed by atoms with Crippen molar-refractivity contribution in [2.45, 2.75) is 32.7 Å². The van der Waals surface area contributed by atoms with E-state index in [1.165, 1.54) is 0 Å². The number of hydrogen-bond donors (Lipinski definition) is 0. The van der Waals surface area contributed by atoms with Gasteiger partial charge in [0.2, 0.25) is 5.95 Å². The van der Waals surface area contributed by atoms with Gasteiger partial charge in [0.15, 0.2) is 0 Å². The quantitative estimate of drug-likeness (QED) is 0.752. The van der Waals surface area contributed by atoms with Crippen LogP contribution in [0, 0.1) is 0 Å². The van der Waals surface area contributed by atoms with Crippen LogP contribution in [-0.2, 0) is 11.2 Å². The molecule has 8 heteroatoms. The SMILES string of the molecule is CCc1cc(N2CCN(C3=C(Cl)CC=CC=N3)CC2C)nc(N2CCOCC2)n1. The molecular weight excluding hydrogens is 388 g/mol. The van der Waals surface area contributed by atoms with E-state index in [9.17, 15) is 0 Å². The van der Waals surface area contributed by atoms with Crippen LogP contribution in [0.1, 0.15) is 26.0 Å². The standard InChI is InChI=1S/C21H29ClN6O/c1-3-17-14-19(25-21(24-17)26-10-12-29-13-11-26)28-9-8-27(15-16(28)2)20-18(22)6-4-5-7-23-20/h4-5,7,14,16H,3,6,8-13,15H2,1-2H3. The number of aliphatic imine (C=N–C) groups is 1. The minimum Gasteiger partial charge on any atom is -0.378 e. The van der Waals surface area contributed by atoms with Crippen molar-refractivity contribution in [2.75, 3.05) is 55.7 Å². The van der Waals surface area contributed by atoms with Crippen molar-refractivity contribution in [2.24, 2.45) is 4.99 Å². The molecule has 0 radical (unpaired) electrons. The first kappa shape index (κ1) is 20.2. The van der Waals surface area contributed by atoms with Crippen LogP contribution in [0.5, 0.6) is 0 Å². The van der Waals surface area contributed by atoms with Crippen LogP contribution >= 0.6 is 11.6 Å². The molecule has 7 nitrogen and oxygen atoms in total. The monoisotopic (exact) mass is 416 g/mol. The summed E-state index contributed by atoms with van der Waals surface area (Å²) in [5.41, 5.74) is 1.08. The maximum absolute atomic E-state index is 6.49. The van der Waals surface area contributed by atoms with Gasteiger partial charge in [0.05, 0.1) is 18.2 Å². The number of allylic oxidation sites excluding steroid dienone is 3. The summed E-state index contributed by atoms with van der Waals surface area (Å²) in [6.45, 7) is 10.1. The molecular formula is C21H29ClN6O. The first-order valence-corrected chi connectivity index (χ1v) is 10.8. The molecule has 0 aliphatic carbocycles. The van der Waals surface area contributed by atoms with Gasteiger partial charge in [-0.15, -0.1) is 0 Å². The second-order valence-electron chi connectivity index (χ2n) is 7.60. The Balaban J connectivity index is 1.53. The van der Waals surface area contributed by atoms with Crippen molar-refractivity contribution in [1.29, 1.82) is 0 Å². The van der Waals surface area contributed by atoms with E-state index in [4.69, 9.17) is 26.3 Å². The van der Waals surface area contributed by atoms with Gasteiger partial charge in [-0.05, 0) is 19.4 Å². The Morgan fingerprint density at radius 3 is 2.72 bits per heavy atom. The molecule has 1 unspecified atom stereocenters. The molecule has 1 aromatic rings. The minimum absolute atomic E-state index is 0.296. The van der Waals surface area contributed by atoms with E-state index in [0.29, 0.717) is 6.04 Å². The second kappa shape index (κ2) is 9.13. The summed E-state index contributed by atoms with van der Waals surface area (Å²) in [6.07, 6.45) is 7.45. The highest BCUT2D eigenvalue weighted by Crippen LogP contribution is 2.27. The number of halogens is 1. The van der Waals surface area contributed by atoms with Crippen LogP contribution in [0.15, 0.2) is 34.1 Å². The van der Waals surface area contributed by atoms with E-state index in [-0.39, 0.29) is 0 Å². The number of nitrogens with zero attached hydrogens (tertiary/aromatic N) is 6. The van der Waals surface area contributed by atoms with Crippen LogP contribution in [0.2, 0.25) is 0 Å². The lowest BCUT2D eigenvalue weighted by Crippen LogP contribution is -2.52. The fraction of sp³-hybridized carbons (Fsp3) is 0.571. The normalized spacial score (nSPS) is 23.0. The first-order chi connectivity index (χ1) is 14.2. The smallest absolute Gasteiger partial charge is 0.227 e. The molecule has 0 spiro atoms. The van der Waals surface area contributed by atoms with Crippen LogP contribution in [0.25, 0.3) is 0 Å². The molecule has 0 saturated carbocycles. The molecule has 1 atom stereocenters. The van der Waals surface area contributed by atoms with Crippen molar-refractivity contribution >= 4 is 29.6 Å². The number of aryl methyl sites for hydroxylation is 1. The Kier molecular flexibility index (Phi) is 6.35. The molecule has 0 aromatic carbocycles. The number of aromatic nitrogens is 2. The third-order valence-corrected chi connectivity index (χ3v) is 5.91. The van der Waals surface area contributed by atoms with Gasteiger partial charge in [-0.25, -0.2) is 9.98 Å². The Hall–Kier alpha value is -2.12. The van der Waals surface area contributed by atoms with Gasteiger partial charge in [-0.2, -0.15) is 4.98 Å². The first-order valence-electron chi connectivity index (χ1n) is 10.5. The summed E-state index contributed by atoms with van der Waals surface area (Å²) in [6, 6.07) is 2.43. The highest BCUT2D eigenvalue weighted by atomic mass is 35.5. The van der Waals surface area contributed by atoms with Crippen molar-refractivity contribution in [3.63, 3.8) is 0 Å². The maximum atomic E-state index is 6.49. The summed E-state index contributed by atoms with van der Waals surface area (Å²) < 4.78 is 5.48. The molecule has 3 aliphatic heterocycles. The Morgan fingerprint density at radius 1 is 1.14 bits per heavy atom. The highest BCUT2D eigenvalue weighted by molar-refractivity contribution is 6.30.